The maximum absolute atomic E-state index is 8.86. The van der Waals surface area contributed by atoms with E-state index in [1.165, 1.54) is 112 Å². The summed E-state index contributed by atoms with van der Waals surface area (Å²) in [5, 5.41) is 8.25. The second-order valence-corrected chi connectivity index (χ2v) is 35.8. The number of nitrogens with zero attached hydrogens (tertiary/aromatic N) is 4. The molecule has 4 heterocycles. The highest BCUT2D eigenvalue weighted by atomic mass is 15.0. The van der Waals surface area contributed by atoms with Crippen LogP contribution in [0.2, 0.25) is 0 Å². The number of hydrogen-bond donors (Lipinski definition) is 0. The van der Waals surface area contributed by atoms with Crippen molar-refractivity contribution in [2.24, 2.45) is 28.2 Å². The summed E-state index contributed by atoms with van der Waals surface area (Å²) >= 11 is 0. The van der Waals surface area contributed by atoms with Crippen molar-refractivity contribution in [3.8, 4) is 89.5 Å². The molecule has 0 aliphatic carbocycles. The Balaban J connectivity index is 0.000000141. The van der Waals surface area contributed by atoms with Crippen LogP contribution in [0.25, 0.3) is 133 Å². The van der Waals surface area contributed by atoms with Crippen molar-refractivity contribution >= 4 is 43.1 Å². The predicted molar refractivity (Wildman–Crippen MR) is 506 cm³/mol. The summed E-state index contributed by atoms with van der Waals surface area (Å²) in [5.74, 6) is 1.31. The third-order valence-electron chi connectivity index (χ3n) is 24.5. The molecule has 12 aromatic carbocycles. The molecule has 0 spiro atoms. The largest absolute Gasteiger partial charge is 0.220 e. The van der Waals surface area contributed by atoms with E-state index in [-0.39, 0.29) is 23.0 Å². The molecule has 118 heavy (non-hydrogen) atoms. The molecule has 0 bridgehead atoms. The van der Waals surface area contributed by atoms with Gasteiger partial charge < -0.3 is 0 Å². The van der Waals surface area contributed by atoms with Gasteiger partial charge in [-0.2, -0.15) is 13.7 Å². The molecule has 0 radical (unpaired) electrons. The van der Waals surface area contributed by atoms with Gasteiger partial charge in [-0.15, -0.1) is 0 Å². The van der Waals surface area contributed by atoms with E-state index in [4.69, 9.17) is 6.85 Å². The van der Waals surface area contributed by atoms with Crippen LogP contribution in [0.4, 0.5) is 0 Å². The second-order valence-electron chi connectivity index (χ2n) is 35.8. The number of rotatable bonds is 11. The Bertz CT molecular complexity index is 6730. The van der Waals surface area contributed by atoms with Gasteiger partial charge in [-0.25, -0.2) is 4.57 Å². The molecule has 0 amide bonds. The van der Waals surface area contributed by atoms with Crippen LogP contribution in [0.5, 0.6) is 0 Å². The highest BCUT2D eigenvalue weighted by Gasteiger charge is 2.29. The van der Waals surface area contributed by atoms with Gasteiger partial charge in [-0.3, -0.25) is 0 Å². The molecule has 0 aliphatic heterocycles. The highest BCUT2D eigenvalue weighted by molar-refractivity contribution is 6.00. The highest BCUT2D eigenvalue weighted by Crippen LogP contribution is 2.42. The number of fused-ring (bicyclic) bond motifs is 4. The number of pyridine rings is 4. The number of benzene rings is 12. The van der Waals surface area contributed by atoms with Crippen molar-refractivity contribution in [2.45, 2.75) is 174 Å². The lowest BCUT2D eigenvalue weighted by atomic mass is 9.82. The van der Waals surface area contributed by atoms with Crippen LogP contribution in [0.1, 0.15) is 186 Å². The predicted octanol–water partition coefficient (Wildman–Crippen LogP) is 28.7. The van der Waals surface area contributed by atoms with Crippen LogP contribution in [-0.2, 0) is 39.0 Å². The average Bonchev–Trinajstić information content (AvgIpc) is 0.766. The van der Waals surface area contributed by atoms with Crippen LogP contribution >= 0.6 is 0 Å². The molecule has 0 saturated carbocycles. The van der Waals surface area contributed by atoms with Gasteiger partial charge >= 0.3 is 0 Å². The SMILES string of the molecule is [2H]c1c(C)[n+](C)c(-c2cc(C(C)(C)C)cc(C)c2C)c2ccc(-c3ccccc3)cc12.[2H]c1c(C)[n+](C)c(-c2cc(C(C)(C)C)ccc2C)c2ccc(-c3ccccc3)cc12.[2H]c1c(C)[n+](C)c(-c2cc(C(C)C)cc(C)c2C)c2ccc(-c3ccccc3)cc12.[2H]c1c([2H])[n+](C)c(-c2cc(C(C)C)cc(C(C)C)c2C)c2ccc(-c3ccccc3)cc12. The van der Waals surface area contributed by atoms with Gasteiger partial charge in [0.25, 0.3) is 0 Å². The van der Waals surface area contributed by atoms with Gasteiger partial charge in [0.1, 0.15) is 29.6 Å². The Morgan fingerprint density at radius 3 is 0.983 bits per heavy atom. The first-order valence-electron chi connectivity index (χ1n) is 44.7. The average molecular weight is 1560 g/mol. The van der Waals surface area contributed by atoms with E-state index in [0.29, 0.717) is 35.9 Å². The summed E-state index contributed by atoms with van der Waals surface area (Å²) in [6.45, 7) is 46.3. The number of aryl methyl sites for hydroxylation is 3. The molecule has 0 saturated heterocycles. The van der Waals surface area contributed by atoms with Crippen LogP contribution in [0, 0.1) is 62.3 Å². The molecule has 16 aromatic rings. The summed E-state index contributed by atoms with van der Waals surface area (Å²) in [7, 11) is 8.17. The molecule has 0 aliphatic rings. The van der Waals surface area contributed by atoms with Crippen molar-refractivity contribution in [1.29, 1.82) is 0 Å². The third kappa shape index (κ3) is 17.8. The Morgan fingerprint density at radius 2 is 0.610 bits per heavy atom. The lowest BCUT2D eigenvalue weighted by Gasteiger charge is -2.22. The summed E-state index contributed by atoms with van der Waals surface area (Å²) in [5.41, 5.74) is 36.2. The first-order valence-corrected chi connectivity index (χ1v) is 42.2. The maximum atomic E-state index is 8.86. The smallest absolute Gasteiger partial charge is 0.200 e. The topological polar surface area (TPSA) is 15.5 Å². The fourth-order valence-electron chi connectivity index (χ4n) is 16.5. The lowest BCUT2D eigenvalue weighted by molar-refractivity contribution is -0.665. The minimum atomic E-state index is 0.0759. The van der Waals surface area contributed by atoms with E-state index in [0.717, 1.165) is 99.2 Å². The van der Waals surface area contributed by atoms with Gasteiger partial charge in [-0.1, -0.05) is 259 Å². The van der Waals surface area contributed by atoms with Gasteiger partial charge in [-0.05, 0) is 270 Å². The zero-order valence-electron chi connectivity index (χ0n) is 79.7. The molecule has 0 fully saturated rings. The first kappa shape index (κ1) is 77.5. The van der Waals surface area contributed by atoms with E-state index in [1.807, 2.05) is 54.9 Å². The first-order chi connectivity index (χ1) is 58.3. The van der Waals surface area contributed by atoms with Crippen molar-refractivity contribution in [1.82, 2.24) is 0 Å². The van der Waals surface area contributed by atoms with Crippen molar-refractivity contribution in [2.75, 3.05) is 0 Å². The standard InChI is InChI=1S/2C29H32N.2C28H30N/c1-19-15-25(29(4,5)6)18-27(21(19)3)28-26-14-13-23(22-11-9-8-10-12-22)17-24(26)16-20(2)30(28)7;1-19(2)25-17-27(20(3)4)21(5)28(18-25)29-26-13-12-23(22-10-8-7-9-11-22)16-24(26)14-15-30(29)6;1-19-12-14-24(28(3,4)5)18-26(19)27-25-15-13-22(21-10-8-7-9-11-21)17-23(25)16-20(2)29(27)6;1-18(2)24-14-19(3)21(5)27(17-24)28-26-13-12-23(22-10-8-7-9-11-22)16-25(26)15-20(4)29(28)6/h8-18H,1-7H3;7-20H,1-6H3;2*7-18H,1-6H3/q4*+1/i16D;14D,15D;16D;15D. The molecule has 16 rings (SSSR count). The lowest BCUT2D eigenvalue weighted by Crippen LogP contribution is -2.35. The summed E-state index contributed by atoms with van der Waals surface area (Å²) in [6, 6.07) is 90.3. The monoisotopic (exact) mass is 1550 g/mol. The zero-order chi connectivity index (χ0) is 88.9. The Kier molecular flexibility index (Phi) is 22.9. The van der Waals surface area contributed by atoms with E-state index in [2.05, 4.69) is 386 Å². The van der Waals surface area contributed by atoms with Gasteiger partial charge in [0, 0.05) is 44.9 Å². The van der Waals surface area contributed by atoms with Gasteiger partial charge in [0.2, 0.25) is 22.8 Å². The third-order valence-corrected chi connectivity index (χ3v) is 24.5. The van der Waals surface area contributed by atoms with Crippen molar-refractivity contribution in [3.63, 3.8) is 0 Å². The Labute approximate surface area is 712 Å². The van der Waals surface area contributed by atoms with E-state index in [1.54, 1.807) is 0 Å². The summed E-state index contributed by atoms with van der Waals surface area (Å²) < 4.78 is 52.4. The molecule has 4 heteroatoms. The van der Waals surface area contributed by atoms with Crippen molar-refractivity contribution in [3.05, 3.63) is 357 Å². The molecule has 596 valence electrons. The zero-order valence-corrected chi connectivity index (χ0v) is 74.7. The maximum Gasteiger partial charge on any atom is 0.220 e. The van der Waals surface area contributed by atoms with E-state index >= 15 is 0 Å². The van der Waals surface area contributed by atoms with Crippen LogP contribution in [0.3, 0.4) is 0 Å². The normalized spacial score (nSPS) is 12.3. The Hall–Kier alpha value is -11.7. The second kappa shape index (κ2) is 34.8. The molecular formula is C114H124N4+4. The number of hydrogen-bond acceptors (Lipinski definition) is 0. The molecule has 0 atom stereocenters. The van der Waals surface area contributed by atoms with E-state index in [9.17, 15) is 0 Å². The quantitative estimate of drug-likeness (QED) is 0.115. The molecule has 0 unspecified atom stereocenters. The fraction of sp³-hybridized carbons (Fsp3) is 0.263. The van der Waals surface area contributed by atoms with Crippen LogP contribution < -0.4 is 18.3 Å². The number of aromatic nitrogens is 4. The molecular weight excluding hydrogens is 1430 g/mol. The van der Waals surface area contributed by atoms with Crippen molar-refractivity contribution < 1.29 is 25.1 Å². The minimum absolute atomic E-state index is 0.0759. The Morgan fingerprint density at radius 1 is 0.280 bits per heavy atom. The summed E-state index contributed by atoms with van der Waals surface area (Å²) in [4.78, 5) is 0. The van der Waals surface area contributed by atoms with Gasteiger partial charge in [0.15, 0.2) is 23.3 Å². The summed E-state index contributed by atoms with van der Waals surface area (Å²) in [6.07, 6.45) is 0.234. The molecule has 0 N–H and O–H groups in total. The van der Waals surface area contributed by atoms with Gasteiger partial charge in [0.05, 0.1) is 49.3 Å². The fourth-order valence-corrected chi connectivity index (χ4v) is 16.5. The molecule has 4 nitrogen and oxygen atoms in total. The van der Waals surface area contributed by atoms with Crippen LogP contribution in [-0.4, -0.2) is 0 Å². The molecule has 4 aromatic heterocycles. The van der Waals surface area contributed by atoms with E-state index < -0.39 is 0 Å². The minimum Gasteiger partial charge on any atom is -0.200 e. The van der Waals surface area contributed by atoms with Crippen LogP contribution in [0.15, 0.2) is 279 Å².